The Kier molecular flexibility index (Phi) is 6.89. The van der Waals surface area contributed by atoms with Crippen LogP contribution in [0.1, 0.15) is 47.0 Å². The van der Waals surface area contributed by atoms with Gasteiger partial charge in [0.2, 0.25) is 5.91 Å². The number of nitrogens with zero attached hydrogens (tertiary/aromatic N) is 1. The number of rotatable bonds is 7. The summed E-state index contributed by atoms with van der Waals surface area (Å²) in [5, 5.41) is 12.3. The highest BCUT2D eigenvalue weighted by atomic mass is 16.4. The molecule has 1 rings (SSSR count). The molecule has 0 heterocycles. The fourth-order valence-corrected chi connectivity index (χ4v) is 3.37. The summed E-state index contributed by atoms with van der Waals surface area (Å²) < 4.78 is 0. The quantitative estimate of drug-likeness (QED) is 0.754. The van der Waals surface area contributed by atoms with Crippen molar-refractivity contribution in [2.24, 2.45) is 5.92 Å². The van der Waals surface area contributed by atoms with Crippen molar-refractivity contribution in [3.63, 3.8) is 0 Å². The normalized spacial score (nSPS) is 23.6. The highest BCUT2D eigenvalue weighted by Gasteiger charge is 2.35. The second kappa shape index (κ2) is 8.17. The molecule has 0 saturated heterocycles. The fraction of sp³-hybridized carbons (Fsp3) is 0.750. The predicted molar refractivity (Wildman–Crippen MR) is 83.0 cm³/mol. The molecule has 1 amide bonds. The number of nitrogens with one attached hydrogen (secondary N) is 1. The molecular formula is C16H28N2O3. The topological polar surface area (TPSA) is 69.6 Å². The number of carboxylic acid groups (broad SMARTS) is 1. The monoisotopic (exact) mass is 296 g/mol. The molecule has 1 aliphatic carbocycles. The number of amides is 1. The lowest BCUT2D eigenvalue weighted by atomic mass is 9.78. The molecule has 0 aliphatic heterocycles. The van der Waals surface area contributed by atoms with Crippen LogP contribution < -0.4 is 5.32 Å². The van der Waals surface area contributed by atoms with E-state index in [9.17, 15) is 14.7 Å². The zero-order valence-electron chi connectivity index (χ0n) is 13.6. The van der Waals surface area contributed by atoms with Crippen LogP contribution in [-0.4, -0.2) is 47.1 Å². The molecule has 1 aliphatic rings. The van der Waals surface area contributed by atoms with Crippen LogP contribution in [0, 0.1) is 5.92 Å². The van der Waals surface area contributed by atoms with Crippen LogP contribution in [0.4, 0.5) is 0 Å². The second-order valence-electron chi connectivity index (χ2n) is 5.64. The number of carboxylic acids is 1. The minimum Gasteiger partial charge on any atom is -0.478 e. The summed E-state index contributed by atoms with van der Waals surface area (Å²) >= 11 is 0. The SMILES string of the molecule is CC[C@H](NC(C)=O)[C@@H]1CC=C(C(=O)O)C[C@@H]1N(CC)CC. The third kappa shape index (κ3) is 4.56. The summed E-state index contributed by atoms with van der Waals surface area (Å²) in [6.45, 7) is 9.58. The van der Waals surface area contributed by atoms with E-state index >= 15 is 0 Å². The van der Waals surface area contributed by atoms with Crippen molar-refractivity contribution < 1.29 is 14.7 Å². The lowest BCUT2D eigenvalue weighted by Gasteiger charge is -2.42. The van der Waals surface area contributed by atoms with Crippen molar-refractivity contribution in [2.45, 2.75) is 59.0 Å². The Morgan fingerprint density at radius 3 is 2.43 bits per heavy atom. The van der Waals surface area contributed by atoms with Crippen LogP contribution in [0.25, 0.3) is 0 Å². The van der Waals surface area contributed by atoms with Crippen molar-refractivity contribution >= 4 is 11.9 Å². The molecule has 3 atom stereocenters. The maximum atomic E-state index is 11.4. The molecule has 21 heavy (non-hydrogen) atoms. The third-order valence-corrected chi connectivity index (χ3v) is 4.46. The zero-order valence-corrected chi connectivity index (χ0v) is 13.6. The summed E-state index contributed by atoms with van der Waals surface area (Å²) in [7, 11) is 0. The first-order chi connectivity index (χ1) is 9.94. The lowest BCUT2D eigenvalue weighted by molar-refractivity contribution is -0.133. The Balaban J connectivity index is 3.01. The molecule has 0 spiro atoms. The smallest absolute Gasteiger partial charge is 0.331 e. The molecule has 0 aromatic rings. The van der Waals surface area contributed by atoms with Crippen LogP contribution >= 0.6 is 0 Å². The first kappa shape index (κ1) is 17.7. The van der Waals surface area contributed by atoms with Gasteiger partial charge in [-0.25, -0.2) is 4.79 Å². The Hall–Kier alpha value is -1.36. The Morgan fingerprint density at radius 2 is 2.00 bits per heavy atom. The lowest BCUT2D eigenvalue weighted by Crippen LogP contribution is -2.51. The van der Waals surface area contributed by atoms with Crippen molar-refractivity contribution in [3.05, 3.63) is 11.6 Å². The molecule has 2 N–H and O–H groups in total. The van der Waals surface area contributed by atoms with Crippen LogP contribution in [0.15, 0.2) is 11.6 Å². The van der Waals surface area contributed by atoms with Gasteiger partial charge >= 0.3 is 5.97 Å². The van der Waals surface area contributed by atoms with E-state index in [1.807, 2.05) is 6.08 Å². The largest absolute Gasteiger partial charge is 0.478 e. The number of carbonyl (C=O) groups is 2. The molecule has 0 saturated carbocycles. The molecule has 0 unspecified atom stereocenters. The van der Waals surface area contributed by atoms with Gasteiger partial charge in [0.05, 0.1) is 0 Å². The summed E-state index contributed by atoms with van der Waals surface area (Å²) in [6.07, 6.45) is 3.95. The molecule has 0 aromatic heterocycles. The summed E-state index contributed by atoms with van der Waals surface area (Å²) in [4.78, 5) is 25.0. The van der Waals surface area contributed by atoms with Crippen LogP contribution in [0.2, 0.25) is 0 Å². The van der Waals surface area contributed by atoms with Gasteiger partial charge in [-0.05, 0) is 38.3 Å². The number of carbonyl (C=O) groups excluding carboxylic acids is 1. The summed E-state index contributed by atoms with van der Waals surface area (Å²) in [5.41, 5.74) is 0.501. The Bertz CT molecular complexity index is 402. The van der Waals surface area contributed by atoms with Gasteiger partial charge in [-0.15, -0.1) is 0 Å². The van der Waals surface area contributed by atoms with E-state index in [-0.39, 0.29) is 23.9 Å². The maximum Gasteiger partial charge on any atom is 0.331 e. The predicted octanol–water partition coefficient (Wildman–Crippen LogP) is 2.03. The van der Waals surface area contributed by atoms with Gasteiger partial charge in [0.15, 0.2) is 0 Å². The van der Waals surface area contributed by atoms with Gasteiger partial charge in [-0.3, -0.25) is 4.79 Å². The zero-order chi connectivity index (χ0) is 16.0. The van der Waals surface area contributed by atoms with E-state index < -0.39 is 5.97 Å². The van der Waals surface area contributed by atoms with Crippen molar-refractivity contribution in [3.8, 4) is 0 Å². The molecule has 5 nitrogen and oxygen atoms in total. The summed E-state index contributed by atoms with van der Waals surface area (Å²) in [5.74, 6) is -0.576. The van der Waals surface area contributed by atoms with E-state index in [1.165, 1.54) is 6.92 Å². The van der Waals surface area contributed by atoms with E-state index in [0.29, 0.717) is 18.4 Å². The van der Waals surface area contributed by atoms with Crippen LogP contribution in [-0.2, 0) is 9.59 Å². The van der Waals surface area contributed by atoms with Gasteiger partial charge in [0.25, 0.3) is 0 Å². The van der Waals surface area contributed by atoms with Crippen molar-refractivity contribution in [1.29, 1.82) is 0 Å². The van der Waals surface area contributed by atoms with Gasteiger partial charge in [-0.1, -0.05) is 26.8 Å². The highest BCUT2D eigenvalue weighted by molar-refractivity contribution is 5.86. The third-order valence-electron chi connectivity index (χ3n) is 4.46. The first-order valence-electron chi connectivity index (χ1n) is 7.87. The fourth-order valence-electron chi connectivity index (χ4n) is 3.37. The number of hydrogen-bond donors (Lipinski definition) is 2. The molecule has 120 valence electrons. The van der Waals surface area contributed by atoms with Crippen molar-refractivity contribution in [1.82, 2.24) is 10.2 Å². The number of allylic oxidation sites excluding steroid dienone is 1. The Morgan fingerprint density at radius 1 is 1.38 bits per heavy atom. The van der Waals surface area contributed by atoms with E-state index in [4.69, 9.17) is 0 Å². The van der Waals surface area contributed by atoms with E-state index in [1.54, 1.807) is 0 Å². The van der Waals surface area contributed by atoms with Gasteiger partial charge in [0, 0.05) is 24.6 Å². The van der Waals surface area contributed by atoms with E-state index in [0.717, 1.165) is 19.5 Å². The molecule has 0 aromatic carbocycles. The van der Waals surface area contributed by atoms with Gasteiger partial charge in [-0.2, -0.15) is 0 Å². The molecular weight excluding hydrogens is 268 g/mol. The molecule has 0 radical (unpaired) electrons. The first-order valence-corrected chi connectivity index (χ1v) is 7.87. The highest BCUT2D eigenvalue weighted by Crippen LogP contribution is 2.31. The average Bonchev–Trinajstić information content (AvgIpc) is 2.45. The van der Waals surface area contributed by atoms with Crippen LogP contribution in [0.5, 0.6) is 0 Å². The van der Waals surface area contributed by atoms with Crippen molar-refractivity contribution in [2.75, 3.05) is 13.1 Å². The average molecular weight is 296 g/mol. The maximum absolute atomic E-state index is 11.4. The standard InChI is InChI=1S/C16H28N2O3/c1-5-14(17-11(4)19)13-9-8-12(16(20)21)10-15(13)18(6-2)7-3/h8,13-15H,5-7,9-10H2,1-4H3,(H,17,19)(H,20,21)/t13-,14-,15-/m0/s1. The van der Waals surface area contributed by atoms with E-state index in [2.05, 4.69) is 31.0 Å². The Labute approximate surface area is 127 Å². The second-order valence-corrected chi connectivity index (χ2v) is 5.64. The molecule has 0 bridgehead atoms. The van der Waals surface area contributed by atoms with Gasteiger partial charge in [0.1, 0.15) is 0 Å². The minimum atomic E-state index is -0.821. The number of aliphatic carboxylic acids is 1. The summed E-state index contributed by atoms with van der Waals surface area (Å²) in [6, 6.07) is 0.271. The minimum absolute atomic E-state index is 0.0202. The van der Waals surface area contributed by atoms with Crippen LogP contribution in [0.3, 0.4) is 0 Å². The number of hydrogen-bond acceptors (Lipinski definition) is 3. The molecule has 5 heteroatoms. The van der Waals surface area contributed by atoms with Gasteiger partial charge < -0.3 is 15.3 Å². The molecule has 0 fully saturated rings.